The summed E-state index contributed by atoms with van der Waals surface area (Å²) in [6, 6.07) is 5.01. The number of rotatable bonds is 12. The number of methoxy groups -OCH3 is 1. The molecule has 3 amide bonds. The van der Waals surface area contributed by atoms with E-state index in [1.165, 1.54) is 40.2 Å². The molecule has 0 radical (unpaired) electrons. The Morgan fingerprint density at radius 3 is 2.71 bits per heavy atom. The number of anilines is 1. The number of amides is 3. The van der Waals surface area contributed by atoms with E-state index in [9.17, 15) is 28.0 Å². The van der Waals surface area contributed by atoms with Crippen LogP contribution in [0.5, 0.6) is 5.88 Å². The predicted molar refractivity (Wildman–Crippen MR) is 157 cm³/mol. The monoisotopic (exact) mass is 624 g/mol. The summed E-state index contributed by atoms with van der Waals surface area (Å²) in [5, 5.41) is 4.97. The number of hydrogen-bond donors (Lipinski definition) is 3. The van der Waals surface area contributed by atoms with E-state index in [1.807, 2.05) is 0 Å². The number of carbonyl (C=O) groups is 3. The second kappa shape index (κ2) is 14.7. The van der Waals surface area contributed by atoms with Crippen LogP contribution in [0.25, 0.3) is 11.2 Å². The first-order valence-electron chi connectivity index (χ1n) is 13.5. The number of likely N-dealkylation sites (N-methyl/N-ethyl adjacent to an activating group) is 1. The molecule has 1 atom stereocenters. The number of fused-ring (bicyclic) bond motifs is 1. The van der Waals surface area contributed by atoms with E-state index in [0.717, 1.165) is 19.2 Å². The Morgan fingerprint density at radius 2 is 1.98 bits per heavy atom. The average Bonchev–Trinajstić information content (AvgIpc) is 3.43. The van der Waals surface area contributed by atoms with Gasteiger partial charge in [0.05, 0.1) is 13.7 Å². The normalized spacial score (nSPS) is 11.8. The summed E-state index contributed by atoms with van der Waals surface area (Å²) in [5.74, 6) is -2.00. The van der Waals surface area contributed by atoms with Crippen LogP contribution in [-0.2, 0) is 27.5 Å². The summed E-state index contributed by atoms with van der Waals surface area (Å²) in [6.45, 7) is -0.288. The van der Waals surface area contributed by atoms with Crippen LogP contribution < -0.4 is 20.9 Å². The van der Waals surface area contributed by atoms with Crippen molar-refractivity contribution in [3.8, 4) is 5.88 Å². The van der Waals surface area contributed by atoms with E-state index >= 15 is 0 Å². The second-order valence-electron chi connectivity index (χ2n) is 9.83. The molecule has 3 N–H and O–H groups in total. The molecule has 0 saturated heterocycles. The highest BCUT2D eigenvalue weighted by molar-refractivity contribution is 5.96. The molecule has 0 bridgehead atoms. The fourth-order valence-corrected chi connectivity index (χ4v) is 4.03. The van der Waals surface area contributed by atoms with Crippen molar-refractivity contribution in [1.29, 1.82) is 0 Å². The second-order valence-corrected chi connectivity index (χ2v) is 9.83. The molecule has 45 heavy (non-hydrogen) atoms. The molecule has 236 valence electrons. The number of benzene rings is 1. The van der Waals surface area contributed by atoms with Crippen molar-refractivity contribution < 1.29 is 32.6 Å². The number of aromatic amines is 1. The minimum absolute atomic E-state index is 0.0561. The number of imidazole rings is 1. The quantitative estimate of drug-likeness (QED) is 0.200. The van der Waals surface area contributed by atoms with Gasteiger partial charge in [-0.3, -0.25) is 14.4 Å². The van der Waals surface area contributed by atoms with Crippen LogP contribution in [0.4, 0.5) is 19.3 Å². The first kappa shape index (κ1) is 32.2. The van der Waals surface area contributed by atoms with Gasteiger partial charge in [0.1, 0.15) is 47.6 Å². The van der Waals surface area contributed by atoms with E-state index in [1.54, 1.807) is 26.2 Å². The average molecular weight is 625 g/mol. The minimum Gasteiger partial charge on any atom is -0.471 e. The number of pyridine rings is 1. The molecule has 3 heterocycles. The summed E-state index contributed by atoms with van der Waals surface area (Å²) in [7, 11) is 4.35. The summed E-state index contributed by atoms with van der Waals surface area (Å²) < 4.78 is 38.8. The lowest BCUT2D eigenvalue weighted by molar-refractivity contribution is -0.123. The van der Waals surface area contributed by atoms with Crippen molar-refractivity contribution >= 4 is 34.8 Å². The molecular formula is C29H30F2N8O6. The van der Waals surface area contributed by atoms with Crippen molar-refractivity contribution in [2.24, 2.45) is 0 Å². The Hall–Kier alpha value is -5.67. The lowest BCUT2D eigenvalue weighted by atomic mass is 10.1. The number of allylic oxidation sites excluding steroid dienone is 1. The van der Waals surface area contributed by atoms with Crippen molar-refractivity contribution in [3.63, 3.8) is 0 Å². The number of nitrogens with one attached hydrogen (secondary N) is 3. The van der Waals surface area contributed by atoms with Crippen LogP contribution in [0.1, 0.15) is 24.2 Å². The fraction of sp³-hybridized carbons (Fsp3) is 0.276. The van der Waals surface area contributed by atoms with Crippen LogP contribution in [0, 0.1) is 11.6 Å². The Bertz CT molecular complexity index is 1790. The third-order valence-corrected chi connectivity index (χ3v) is 6.40. The standard InChI is InChI=1S/C29H30F2N8O6/c1-38(2)23(40)9-5-4-7-20(35-29(43)44-3)26(41)34-21-8-6-12-39(28(21)42)14-22-36-24-25(37-22)32-16-33-27(24)45-15-17-10-11-18(30)13-19(17)31/h5-6,8-13,16,20H,4,7,14-15H2,1-3H3,(H,34,41)(H,35,43)(H,32,33,36,37). The number of ether oxygens (including phenoxy) is 2. The zero-order valence-electron chi connectivity index (χ0n) is 24.5. The number of carbonyl (C=O) groups excluding carboxylic acids is 3. The van der Waals surface area contributed by atoms with Crippen LogP contribution >= 0.6 is 0 Å². The molecular weight excluding hydrogens is 594 g/mol. The topological polar surface area (TPSA) is 173 Å². The van der Waals surface area contributed by atoms with E-state index in [0.29, 0.717) is 11.3 Å². The van der Waals surface area contributed by atoms with Crippen LogP contribution in [-0.4, -0.2) is 74.6 Å². The summed E-state index contributed by atoms with van der Waals surface area (Å²) >= 11 is 0. The van der Waals surface area contributed by atoms with Crippen molar-refractivity contribution in [1.82, 2.24) is 34.7 Å². The maximum absolute atomic E-state index is 14.0. The zero-order valence-corrected chi connectivity index (χ0v) is 24.5. The first-order chi connectivity index (χ1) is 21.5. The molecule has 0 aliphatic heterocycles. The molecule has 14 nitrogen and oxygen atoms in total. The summed E-state index contributed by atoms with van der Waals surface area (Å²) in [5.41, 5.74) is 0.0247. The number of aromatic nitrogens is 5. The first-order valence-corrected chi connectivity index (χ1v) is 13.5. The van der Waals surface area contributed by atoms with Crippen molar-refractivity contribution in [2.75, 3.05) is 26.5 Å². The molecule has 0 saturated carbocycles. The fourth-order valence-electron chi connectivity index (χ4n) is 4.03. The van der Waals surface area contributed by atoms with E-state index in [-0.39, 0.29) is 54.7 Å². The number of H-pyrrole nitrogens is 1. The van der Waals surface area contributed by atoms with Gasteiger partial charge in [-0.25, -0.2) is 23.5 Å². The molecule has 0 fully saturated rings. The number of alkyl carbamates (subject to hydrolysis) is 1. The summed E-state index contributed by atoms with van der Waals surface area (Å²) in [4.78, 5) is 66.8. The molecule has 0 spiro atoms. The Morgan fingerprint density at radius 1 is 1.18 bits per heavy atom. The van der Waals surface area contributed by atoms with Gasteiger partial charge >= 0.3 is 6.09 Å². The van der Waals surface area contributed by atoms with Crippen LogP contribution in [0.2, 0.25) is 0 Å². The molecule has 4 aromatic rings. The third kappa shape index (κ3) is 8.46. The highest BCUT2D eigenvalue weighted by atomic mass is 19.1. The lowest BCUT2D eigenvalue weighted by Gasteiger charge is -2.17. The highest BCUT2D eigenvalue weighted by Crippen LogP contribution is 2.21. The number of nitrogens with zero attached hydrogens (tertiary/aromatic N) is 5. The molecule has 16 heteroatoms. The molecule has 1 unspecified atom stereocenters. The maximum Gasteiger partial charge on any atom is 0.407 e. The number of halogens is 2. The molecule has 0 aliphatic rings. The Labute approximate surface area is 255 Å². The van der Waals surface area contributed by atoms with Gasteiger partial charge in [0, 0.05) is 31.9 Å². The van der Waals surface area contributed by atoms with Gasteiger partial charge < -0.3 is 34.6 Å². The smallest absolute Gasteiger partial charge is 0.407 e. The summed E-state index contributed by atoms with van der Waals surface area (Å²) in [6.07, 6.45) is 5.19. The van der Waals surface area contributed by atoms with Crippen molar-refractivity contribution in [3.05, 3.63) is 88.4 Å². The van der Waals surface area contributed by atoms with Gasteiger partial charge in [-0.2, -0.15) is 4.98 Å². The predicted octanol–water partition coefficient (Wildman–Crippen LogP) is 2.51. The van der Waals surface area contributed by atoms with E-state index in [2.05, 4.69) is 35.3 Å². The van der Waals surface area contributed by atoms with Gasteiger partial charge in [0.2, 0.25) is 17.7 Å². The Balaban J connectivity index is 1.47. The highest BCUT2D eigenvalue weighted by Gasteiger charge is 2.22. The van der Waals surface area contributed by atoms with Gasteiger partial charge in [-0.1, -0.05) is 6.08 Å². The largest absolute Gasteiger partial charge is 0.471 e. The molecule has 4 rings (SSSR count). The molecule has 0 aliphatic carbocycles. The van der Waals surface area contributed by atoms with Crippen LogP contribution in [0.3, 0.4) is 0 Å². The Kier molecular flexibility index (Phi) is 10.5. The van der Waals surface area contributed by atoms with Crippen molar-refractivity contribution in [2.45, 2.75) is 32.0 Å². The SMILES string of the molecule is COC(=O)NC(CCC=CC(=O)N(C)C)C(=O)Nc1cccn(Cc2nc3ncnc(OCc4ccc(F)cc4F)c3[nH]2)c1=O. The third-order valence-electron chi connectivity index (χ3n) is 6.40. The maximum atomic E-state index is 14.0. The minimum atomic E-state index is -1.07. The van der Waals surface area contributed by atoms with Gasteiger partial charge in [0.25, 0.3) is 5.56 Å². The lowest BCUT2D eigenvalue weighted by Crippen LogP contribution is -2.44. The molecule has 1 aromatic carbocycles. The van der Waals surface area contributed by atoms with Crippen LogP contribution in [0.15, 0.2) is 59.8 Å². The van der Waals surface area contributed by atoms with Gasteiger partial charge in [-0.15, -0.1) is 0 Å². The number of hydrogen-bond acceptors (Lipinski definition) is 9. The zero-order chi connectivity index (χ0) is 32.5. The van der Waals surface area contributed by atoms with Gasteiger partial charge in [-0.05, 0) is 43.2 Å². The van der Waals surface area contributed by atoms with E-state index in [4.69, 9.17) is 4.74 Å². The molecule has 3 aromatic heterocycles. The van der Waals surface area contributed by atoms with Gasteiger partial charge in [0.15, 0.2) is 5.65 Å². The van der Waals surface area contributed by atoms with E-state index < -0.39 is 35.2 Å².